The predicted molar refractivity (Wildman–Crippen MR) is 73.6 cm³/mol. The first-order chi connectivity index (χ1) is 7.83. The minimum Gasteiger partial charge on any atom is -0.375 e. The molecule has 5 heteroatoms. The lowest BCUT2D eigenvalue weighted by molar-refractivity contribution is 0.860. The number of fused-ring (bicyclic) bond motifs is 1. The number of thioether (sulfide) groups is 1. The molecule has 0 bridgehead atoms. The van der Waals surface area contributed by atoms with Crippen LogP contribution in [0.1, 0.15) is 0 Å². The van der Waals surface area contributed by atoms with Crippen LogP contribution < -0.4 is 10.6 Å². The fraction of sp³-hybridized carbons (Fsp3) is 0.364. The van der Waals surface area contributed by atoms with Crippen LogP contribution in [0, 0.1) is 0 Å². The lowest BCUT2D eigenvalue weighted by Gasteiger charge is -2.28. The molecule has 16 heavy (non-hydrogen) atoms. The third-order valence-corrected chi connectivity index (χ3v) is 4.55. The molecule has 1 aromatic heterocycles. The highest BCUT2D eigenvalue weighted by Crippen LogP contribution is 2.29. The zero-order chi connectivity index (χ0) is 11.0. The van der Waals surface area contributed by atoms with Crippen molar-refractivity contribution in [2.75, 3.05) is 35.2 Å². The van der Waals surface area contributed by atoms with Gasteiger partial charge in [-0.1, -0.05) is 11.3 Å². The lowest BCUT2D eigenvalue weighted by atomic mass is 10.2. The monoisotopic (exact) mass is 251 g/mol. The SMILES string of the molecule is Nc1nc2ccc(N3CCSCC3)cc2s1. The first-order valence-corrected chi connectivity index (χ1v) is 7.29. The number of aromatic nitrogens is 1. The highest BCUT2D eigenvalue weighted by Gasteiger charge is 2.12. The van der Waals surface area contributed by atoms with E-state index in [4.69, 9.17) is 5.73 Å². The smallest absolute Gasteiger partial charge is 0.181 e. The van der Waals surface area contributed by atoms with Gasteiger partial charge in [-0.25, -0.2) is 4.98 Å². The van der Waals surface area contributed by atoms with E-state index in [0.29, 0.717) is 5.13 Å². The first kappa shape index (κ1) is 10.2. The molecule has 0 saturated carbocycles. The molecular weight excluding hydrogens is 238 g/mol. The molecule has 0 amide bonds. The summed E-state index contributed by atoms with van der Waals surface area (Å²) in [5.41, 5.74) is 8.02. The third-order valence-electron chi connectivity index (χ3n) is 2.76. The summed E-state index contributed by atoms with van der Waals surface area (Å²) in [5, 5.41) is 0.654. The highest BCUT2D eigenvalue weighted by atomic mass is 32.2. The maximum absolute atomic E-state index is 5.71. The van der Waals surface area contributed by atoms with Crippen LogP contribution in [0.4, 0.5) is 10.8 Å². The Hall–Kier alpha value is -0.940. The van der Waals surface area contributed by atoms with E-state index in [-0.39, 0.29) is 0 Å². The standard InChI is InChI=1S/C11H13N3S2/c12-11-13-9-2-1-8(7-10(9)16-11)14-3-5-15-6-4-14/h1-2,7H,3-6H2,(H2,12,13). The topological polar surface area (TPSA) is 42.1 Å². The number of nitrogens with two attached hydrogens (primary N) is 1. The number of nitrogens with zero attached hydrogens (tertiary/aromatic N) is 2. The molecule has 1 aliphatic rings. The van der Waals surface area contributed by atoms with Crippen molar-refractivity contribution in [2.24, 2.45) is 0 Å². The summed E-state index contributed by atoms with van der Waals surface area (Å²) in [6.07, 6.45) is 0. The Labute approximate surface area is 103 Å². The van der Waals surface area contributed by atoms with Gasteiger partial charge in [0.05, 0.1) is 10.2 Å². The molecule has 2 N–H and O–H groups in total. The molecule has 0 spiro atoms. The molecule has 3 rings (SSSR count). The van der Waals surface area contributed by atoms with Crippen LogP contribution in [0.3, 0.4) is 0 Å². The van der Waals surface area contributed by atoms with Gasteiger partial charge in [0, 0.05) is 30.3 Å². The minimum absolute atomic E-state index is 0.654. The van der Waals surface area contributed by atoms with Crippen LogP contribution in [0.5, 0.6) is 0 Å². The second-order valence-corrected chi connectivity index (χ2v) is 6.09. The maximum Gasteiger partial charge on any atom is 0.181 e. The summed E-state index contributed by atoms with van der Waals surface area (Å²) in [5.74, 6) is 2.45. The molecule has 84 valence electrons. The van der Waals surface area contributed by atoms with Gasteiger partial charge in [-0.3, -0.25) is 0 Å². The largest absolute Gasteiger partial charge is 0.375 e. The van der Waals surface area contributed by atoms with E-state index < -0.39 is 0 Å². The van der Waals surface area contributed by atoms with E-state index >= 15 is 0 Å². The van der Waals surface area contributed by atoms with E-state index in [0.717, 1.165) is 18.6 Å². The molecule has 1 aromatic carbocycles. The summed E-state index contributed by atoms with van der Waals surface area (Å²) in [6, 6.07) is 6.43. The first-order valence-electron chi connectivity index (χ1n) is 5.32. The fourth-order valence-electron chi connectivity index (χ4n) is 1.95. The molecule has 1 saturated heterocycles. The summed E-state index contributed by atoms with van der Waals surface area (Å²) < 4.78 is 1.19. The molecule has 2 heterocycles. The zero-order valence-corrected chi connectivity index (χ0v) is 10.5. The molecule has 1 fully saturated rings. The Morgan fingerprint density at radius 1 is 1.25 bits per heavy atom. The maximum atomic E-state index is 5.71. The van der Waals surface area contributed by atoms with Gasteiger partial charge in [0.2, 0.25) is 0 Å². The fourth-order valence-corrected chi connectivity index (χ4v) is 3.62. The van der Waals surface area contributed by atoms with Crippen molar-refractivity contribution in [1.29, 1.82) is 0 Å². The molecule has 2 aromatic rings. The van der Waals surface area contributed by atoms with E-state index in [2.05, 4.69) is 28.1 Å². The van der Waals surface area contributed by atoms with Crippen molar-refractivity contribution in [3.8, 4) is 0 Å². The van der Waals surface area contributed by atoms with Gasteiger partial charge >= 0.3 is 0 Å². The van der Waals surface area contributed by atoms with Crippen LogP contribution in [-0.2, 0) is 0 Å². The minimum atomic E-state index is 0.654. The van der Waals surface area contributed by atoms with Crippen molar-refractivity contribution in [2.45, 2.75) is 0 Å². The van der Waals surface area contributed by atoms with E-state index in [1.807, 2.05) is 11.8 Å². The number of nitrogen functional groups attached to an aromatic ring is 1. The Morgan fingerprint density at radius 2 is 2.06 bits per heavy atom. The average Bonchev–Trinajstić information content (AvgIpc) is 2.69. The molecule has 0 radical (unpaired) electrons. The number of hydrogen-bond acceptors (Lipinski definition) is 5. The molecule has 0 aliphatic carbocycles. The van der Waals surface area contributed by atoms with Gasteiger partial charge in [0.15, 0.2) is 5.13 Å². The summed E-state index contributed by atoms with van der Waals surface area (Å²) in [4.78, 5) is 6.71. The quantitative estimate of drug-likeness (QED) is 0.845. The molecule has 0 unspecified atom stereocenters. The van der Waals surface area contributed by atoms with Crippen molar-refractivity contribution >= 4 is 44.1 Å². The van der Waals surface area contributed by atoms with Crippen LogP contribution in [-0.4, -0.2) is 29.6 Å². The molecule has 3 nitrogen and oxygen atoms in total. The Bertz CT molecular complexity index is 503. The van der Waals surface area contributed by atoms with Crippen LogP contribution in [0.25, 0.3) is 10.2 Å². The Balaban J connectivity index is 1.97. The number of thiazole rings is 1. The normalized spacial score (nSPS) is 16.9. The number of benzene rings is 1. The average molecular weight is 251 g/mol. The molecule has 1 aliphatic heterocycles. The highest BCUT2D eigenvalue weighted by molar-refractivity contribution is 7.99. The second-order valence-electron chi connectivity index (χ2n) is 3.80. The van der Waals surface area contributed by atoms with Gasteiger partial charge in [-0.15, -0.1) is 0 Å². The molecule has 0 atom stereocenters. The summed E-state index contributed by atoms with van der Waals surface area (Å²) in [7, 11) is 0. The van der Waals surface area contributed by atoms with Crippen molar-refractivity contribution < 1.29 is 0 Å². The van der Waals surface area contributed by atoms with Crippen molar-refractivity contribution in [3.63, 3.8) is 0 Å². The predicted octanol–water partition coefficient (Wildman–Crippen LogP) is 2.43. The van der Waals surface area contributed by atoms with Gasteiger partial charge in [-0.2, -0.15) is 11.8 Å². The van der Waals surface area contributed by atoms with Crippen LogP contribution in [0.2, 0.25) is 0 Å². The zero-order valence-electron chi connectivity index (χ0n) is 8.85. The Kier molecular flexibility index (Phi) is 2.65. The van der Waals surface area contributed by atoms with E-state index in [1.54, 1.807) is 11.3 Å². The second kappa shape index (κ2) is 4.14. The van der Waals surface area contributed by atoms with Gasteiger partial charge in [0.1, 0.15) is 0 Å². The lowest BCUT2D eigenvalue weighted by Crippen LogP contribution is -2.32. The number of anilines is 2. The van der Waals surface area contributed by atoms with E-state index in [9.17, 15) is 0 Å². The van der Waals surface area contributed by atoms with Crippen LogP contribution >= 0.6 is 23.1 Å². The number of hydrogen-bond donors (Lipinski definition) is 1. The van der Waals surface area contributed by atoms with Gasteiger partial charge in [0.25, 0.3) is 0 Å². The molecular formula is C11H13N3S2. The summed E-state index contributed by atoms with van der Waals surface area (Å²) >= 11 is 3.59. The summed E-state index contributed by atoms with van der Waals surface area (Å²) in [6.45, 7) is 2.29. The third kappa shape index (κ3) is 1.85. The van der Waals surface area contributed by atoms with Gasteiger partial charge < -0.3 is 10.6 Å². The van der Waals surface area contributed by atoms with Crippen LogP contribution in [0.15, 0.2) is 18.2 Å². The Morgan fingerprint density at radius 3 is 2.88 bits per heavy atom. The van der Waals surface area contributed by atoms with E-state index in [1.165, 1.54) is 21.9 Å². The number of rotatable bonds is 1. The van der Waals surface area contributed by atoms with Crippen molar-refractivity contribution in [3.05, 3.63) is 18.2 Å². The van der Waals surface area contributed by atoms with Crippen molar-refractivity contribution in [1.82, 2.24) is 4.98 Å². The van der Waals surface area contributed by atoms with Gasteiger partial charge in [-0.05, 0) is 18.2 Å².